The molecule has 2 aromatic heterocycles. The lowest BCUT2D eigenvalue weighted by atomic mass is 10.1. The topological polar surface area (TPSA) is 102 Å². The van der Waals surface area contributed by atoms with Crippen molar-refractivity contribution in [3.05, 3.63) is 29.2 Å². The van der Waals surface area contributed by atoms with Crippen LogP contribution in [-0.2, 0) is 11.8 Å². The number of aromatic nitrogens is 4. The summed E-state index contributed by atoms with van der Waals surface area (Å²) in [4.78, 5) is 12.0. The Morgan fingerprint density at radius 2 is 2.28 bits per heavy atom. The highest BCUT2D eigenvalue weighted by Gasteiger charge is 2.19. The molecule has 1 unspecified atom stereocenters. The van der Waals surface area contributed by atoms with Crippen LogP contribution >= 0.6 is 0 Å². The van der Waals surface area contributed by atoms with Crippen LogP contribution in [0.5, 0.6) is 0 Å². The number of hydrogen-bond donors (Lipinski definition) is 3. The van der Waals surface area contributed by atoms with Crippen LogP contribution in [0.1, 0.15) is 22.9 Å². The average Bonchev–Trinajstić information content (AvgIpc) is 2.89. The number of carbonyl (C=O) groups is 1. The van der Waals surface area contributed by atoms with E-state index in [1.54, 1.807) is 24.1 Å². The molecule has 0 radical (unpaired) electrons. The summed E-state index contributed by atoms with van der Waals surface area (Å²) in [6, 6.07) is -0.755. The normalized spacial score (nSPS) is 12.4. The van der Waals surface area contributed by atoms with E-state index in [0.717, 1.165) is 11.3 Å². The third-order valence-corrected chi connectivity index (χ3v) is 2.86. The monoisotopic (exact) mass is 248 g/mol. The number of H-pyrrole nitrogens is 1. The molecule has 1 amide bonds. The molecule has 0 bridgehead atoms. The van der Waals surface area contributed by atoms with E-state index < -0.39 is 6.04 Å². The van der Waals surface area contributed by atoms with E-state index >= 15 is 0 Å². The van der Waals surface area contributed by atoms with E-state index in [9.17, 15) is 4.79 Å². The SMILES string of the molecule is Cc1[nH]nc(NC(=O)C(N)c2cnn(C)c2)c1C. The van der Waals surface area contributed by atoms with Gasteiger partial charge in [0, 0.05) is 30.1 Å². The van der Waals surface area contributed by atoms with Crippen molar-refractivity contribution in [1.82, 2.24) is 20.0 Å². The number of nitrogens with one attached hydrogen (secondary N) is 2. The molecule has 0 saturated heterocycles. The Hall–Kier alpha value is -2.15. The Bertz CT molecular complexity index is 570. The molecule has 0 fully saturated rings. The Balaban J connectivity index is 2.10. The first-order valence-corrected chi connectivity index (χ1v) is 5.55. The molecule has 7 nitrogen and oxygen atoms in total. The van der Waals surface area contributed by atoms with Crippen LogP contribution in [0.4, 0.5) is 5.82 Å². The number of carbonyl (C=O) groups excluding carboxylic acids is 1. The van der Waals surface area contributed by atoms with Gasteiger partial charge in [-0.25, -0.2) is 0 Å². The van der Waals surface area contributed by atoms with Crippen LogP contribution in [0.15, 0.2) is 12.4 Å². The van der Waals surface area contributed by atoms with Crippen molar-refractivity contribution in [1.29, 1.82) is 0 Å². The van der Waals surface area contributed by atoms with Crippen LogP contribution in [0.3, 0.4) is 0 Å². The molecule has 0 spiro atoms. The molecule has 0 aromatic carbocycles. The first-order chi connectivity index (χ1) is 8.49. The van der Waals surface area contributed by atoms with Crippen LogP contribution in [-0.4, -0.2) is 25.9 Å². The van der Waals surface area contributed by atoms with E-state index in [4.69, 9.17) is 5.73 Å². The maximum atomic E-state index is 12.0. The Morgan fingerprint density at radius 1 is 1.56 bits per heavy atom. The molecular weight excluding hydrogens is 232 g/mol. The molecule has 18 heavy (non-hydrogen) atoms. The quantitative estimate of drug-likeness (QED) is 0.731. The highest BCUT2D eigenvalue weighted by molar-refractivity contribution is 5.95. The third kappa shape index (κ3) is 2.25. The minimum atomic E-state index is -0.755. The van der Waals surface area contributed by atoms with Gasteiger partial charge >= 0.3 is 0 Å². The van der Waals surface area contributed by atoms with Crippen molar-refractivity contribution in [3.63, 3.8) is 0 Å². The van der Waals surface area contributed by atoms with Crippen molar-refractivity contribution in [3.8, 4) is 0 Å². The molecule has 2 aromatic rings. The predicted molar refractivity (Wildman–Crippen MR) is 66.8 cm³/mol. The van der Waals surface area contributed by atoms with Gasteiger partial charge in [0.1, 0.15) is 6.04 Å². The predicted octanol–water partition coefficient (Wildman–Crippen LogP) is 0.399. The summed E-state index contributed by atoms with van der Waals surface area (Å²) in [5.41, 5.74) is 8.34. The molecule has 4 N–H and O–H groups in total. The minimum Gasteiger partial charge on any atom is -0.316 e. The van der Waals surface area contributed by atoms with E-state index in [1.807, 2.05) is 13.8 Å². The van der Waals surface area contributed by atoms with Gasteiger partial charge in [0.05, 0.1) is 6.20 Å². The lowest BCUT2D eigenvalue weighted by molar-refractivity contribution is -0.117. The summed E-state index contributed by atoms with van der Waals surface area (Å²) in [6.07, 6.45) is 3.29. The molecule has 96 valence electrons. The second kappa shape index (κ2) is 4.61. The fourth-order valence-electron chi connectivity index (χ4n) is 1.55. The molecule has 7 heteroatoms. The molecule has 0 aliphatic heterocycles. The smallest absolute Gasteiger partial charge is 0.247 e. The number of rotatable bonds is 3. The average molecular weight is 248 g/mol. The highest BCUT2D eigenvalue weighted by Crippen LogP contribution is 2.16. The van der Waals surface area contributed by atoms with Crippen LogP contribution in [0, 0.1) is 13.8 Å². The molecular formula is C11H16N6O. The number of nitrogens with two attached hydrogens (primary N) is 1. The van der Waals surface area contributed by atoms with Gasteiger partial charge in [-0.05, 0) is 13.8 Å². The molecule has 0 aliphatic rings. The standard InChI is InChI=1S/C11H16N6O/c1-6-7(2)15-16-10(6)14-11(18)9(12)8-4-13-17(3)5-8/h4-5,9H,12H2,1-3H3,(H2,14,15,16,18). The largest absolute Gasteiger partial charge is 0.316 e. The summed E-state index contributed by atoms with van der Waals surface area (Å²) in [6.45, 7) is 3.77. The molecule has 0 saturated carbocycles. The first kappa shape index (κ1) is 12.3. The van der Waals surface area contributed by atoms with Crippen LogP contribution < -0.4 is 11.1 Å². The second-order valence-electron chi connectivity index (χ2n) is 4.24. The zero-order chi connectivity index (χ0) is 13.3. The maximum Gasteiger partial charge on any atom is 0.247 e. The van der Waals surface area contributed by atoms with Crippen LogP contribution in [0.2, 0.25) is 0 Å². The second-order valence-corrected chi connectivity index (χ2v) is 4.24. The number of amides is 1. The van der Waals surface area contributed by atoms with Gasteiger partial charge in [0.25, 0.3) is 0 Å². The number of hydrogen-bond acceptors (Lipinski definition) is 4. The zero-order valence-electron chi connectivity index (χ0n) is 10.6. The van der Waals surface area contributed by atoms with Gasteiger partial charge in [0.15, 0.2) is 5.82 Å². The summed E-state index contributed by atoms with van der Waals surface area (Å²) in [7, 11) is 1.77. The van der Waals surface area contributed by atoms with Crippen molar-refractivity contribution >= 4 is 11.7 Å². The van der Waals surface area contributed by atoms with Crippen molar-refractivity contribution in [2.24, 2.45) is 12.8 Å². The Labute approximate surface area is 104 Å². The summed E-state index contributed by atoms with van der Waals surface area (Å²) >= 11 is 0. The van der Waals surface area contributed by atoms with Gasteiger partial charge < -0.3 is 11.1 Å². The summed E-state index contributed by atoms with van der Waals surface area (Å²) in [5.74, 6) is 0.203. The van der Waals surface area contributed by atoms with E-state index in [2.05, 4.69) is 20.6 Å². The van der Waals surface area contributed by atoms with Gasteiger partial charge in [-0.2, -0.15) is 10.2 Å². The number of aryl methyl sites for hydroxylation is 2. The summed E-state index contributed by atoms with van der Waals surface area (Å²) in [5, 5.41) is 13.5. The zero-order valence-corrected chi connectivity index (χ0v) is 10.6. The van der Waals surface area contributed by atoms with Gasteiger partial charge in [-0.3, -0.25) is 14.6 Å². The summed E-state index contributed by atoms with van der Waals surface area (Å²) < 4.78 is 1.60. The van der Waals surface area contributed by atoms with Crippen molar-refractivity contribution in [2.75, 3.05) is 5.32 Å². The molecule has 2 heterocycles. The van der Waals surface area contributed by atoms with Gasteiger partial charge in [0.2, 0.25) is 5.91 Å². The van der Waals surface area contributed by atoms with E-state index in [-0.39, 0.29) is 5.91 Å². The van der Waals surface area contributed by atoms with Gasteiger partial charge in [-0.1, -0.05) is 0 Å². The van der Waals surface area contributed by atoms with Crippen molar-refractivity contribution in [2.45, 2.75) is 19.9 Å². The molecule has 0 aliphatic carbocycles. The lowest BCUT2D eigenvalue weighted by Gasteiger charge is -2.09. The highest BCUT2D eigenvalue weighted by atomic mass is 16.2. The van der Waals surface area contributed by atoms with E-state index in [1.165, 1.54) is 0 Å². The molecule has 1 atom stereocenters. The third-order valence-electron chi connectivity index (χ3n) is 2.86. The number of anilines is 1. The first-order valence-electron chi connectivity index (χ1n) is 5.55. The fraction of sp³-hybridized carbons (Fsp3) is 0.364. The number of aromatic amines is 1. The molecule has 2 rings (SSSR count). The Morgan fingerprint density at radius 3 is 2.78 bits per heavy atom. The fourth-order valence-corrected chi connectivity index (χ4v) is 1.55. The minimum absolute atomic E-state index is 0.308. The van der Waals surface area contributed by atoms with Crippen molar-refractivity contribution < 1.29 is 4.79 Å². The van der Waals surface area contributed by atoms with Crippen LogP contribution in [0.25, 0.3) is 0 Å². The lowest BCUT2D eigenvalue weighted by Crippen LogP contribution is -2.27. The number of nitrogens with zero attached hydrogens (tertiary/aromatic N) is 3. The Kier molecular flexibility index (Phi) is 3.15. The van der Waals surface area contributed by atoms with Gasteiger partial charge in [-0.15, -0.1) is 0 Å². The maximum absolute atomic E-state index is 12.0. The van der Waals surface area contributed by atoms with E-state index in [0.29, 0.717) is 11.4 Å².